The van der Waals surface area contributed by atoms with E-state index in [4.69, 9.17) is 0 Å². The first kappa shape index (κ1) is 15.3. The van der Waals surface area contributed by atoms with Crippen LogP contribution >= 0.6 is 11.8 Å². The second-order valence-corrected chi connectivity index (χ2v) is 6.59. The van der Waals surface area contributed by atoms with Gasteiger partial charge < -0.3 is 5.32 Å². The summed E-state index contributed by atoms with van der Waals surface area (Å²) in [5.41, 5.74) is 0. The van der Waals surface area contributed by atoms with Gasteiger partial charge in [-0.05, 0) is 45.4 Å². The van der Waals surface area contributed by atoms with Gasteiger partial charge in [-0.3, -0.25) is 4.90 Å². The Balaban J connectivity index is 2.31. The largest absolute Gasteiger partial charge is 0.314 e. The van der Waals surface area contributed by atoms with Crippen molar-refractivity contribution in [1.82, 2.24) is 10.2 Å². The standard InChI is InChI=1S/C14H30N2S/c1-5-8-15-14-7-9-16(12(3)10-14)13(4)11-17-6-2/h12-15H,5-11H2,1-4H3. The molecular formula is C14H30N2S. The van der Waals surface area contributed by atoms with Crippen molar-refractivity contribution in [2.75, 3.05) is 24.6 Å². The summed E-state index contributed by atoms with van der Waals surface area (Å²) in [5.74, 6) is 2.53. The quantitative estimate of drug-likeness (QED) is 0.756. The Morgan fingerprint density at radius 1 is 1.41 bits per heavy atom. The fourth-order valence-corrected chi connectivity index (χ4v) is 3.53. The lowest BCUT2D eigenvalue weighted by Gasteiger charge is -2.41. The molecule has 0 spiro atoms. The van der Waals surface area contributed by atoms with Crippen LogP contribution in [0.5, 0.6) is 0 Å². The first-order chi connectivity index (χ1) is 8.19. The second kappa shape index (κ2) is 8.39. The molecule has 0 aromatic heterocycles. The molecule has 3 unspecified atom stereocenters. The third-order valence-corrected chi connectivity index (χ3v) is 4.87. The molecule has 17 heavy (non-hydrogen) atoms. The zero-order valence-corrected chi connectivity index (χ0v) is 12.9. The smallest absolute Gasteiger partial charge is 0.0160 e. The highest BCUT2D eigenvalue weighted by atomic mass is 32.2. The highest BCUT2D eigenvalue weighted by molar-refractivity contribution is 7.99. The second-order valence-electron chi connectivity index (χ2n) is 5.27. The number of likely N-dealkylation sites (tertiary alicyclic amines) is 1. The third-order valence-electron chi connectivity index (χ3n) is 3.74. The van der Waals surface area contributed by atoms with Crippen LogP contribution < -0.4 is 5.32 Å². The van der Waals surface area contributed by atoms with Crippen LogP contribution in [-0.2, 0) is 0 Å². The van der Waals surface area contributed by atoms with Crippen molar-refractivity contribution in [2.24, 2.45) is 0 Å². The SMILES string of the molecule is CCCNC1CCN(C(C)CSCC)C(C)C1. The van der Waals surface area contributed by atoms with E-state index in [1.165, 1.54) is 43.9 Å². The van der Waals surface area contributed by atoms with E-state index in [0.717, 1.165) is 18.1 Å². The van der Waals surface area contributed by atoms with Gasteiger partial charge >= 0.3 is 0 Å². The van der Waals surface area contributed by atoms with Crippen LogP contribution in [0.25, 0.3) is 0 Å². The van der Waals surface area contributed by atoms with Crippen molar-refractivity contribution in [2.45, 2.75) is 65.1 Å². The fourth-order valence-electron chi connectivity index (χ4n) is 2.76. The minimum atomic E-state index is 0.738. The van der Waals surface area contributed by atoms with E-state index in [9.17, 15) is 0 Å². The number of nitrogens with zero attached hydrogens (tertiary/aromatic N) is 1. The van der Waals surface area contributed by atoms with Crippen LogP contribution in [0.15, 0.2) is 0 Å². The number of thioether (sulfide) groups is 1. The molecule has 1 aliphatic rings. The lowest BCUT2D eigenvalue weighted by Crippen LogP contribution is -2.51. The minimum Gasteiger partial charge on any atom is -0.314 e. The molecule has 1 aliphatic heterocycles. The Bertz CT molecular complexity index is 199. The number of hydrogen-bond donors (Lipinski definition) is 1. The van der Waals surface area contributed by atoms with E-state index >= 15 is 0 Å². The zero-order valence-electron chi connectivity index (χ0n) is 12.0. The molecule has 0 aromatic carbocycles. The summed E-state index contributed by atoms with van der Waals surface area (Å²) in [5, 5.41) is 3.67. The average molecular weight is 258 g/mol. The molecule has 1 rings (SSSR count). The maximum atomic E-state index is 3.67. The Hall–Kier alpha value is 0.270. The van der Waals surface area contributed by atoms with Gasteiger partial charge in [0.1, 0.15) is 0 Å². The fraction of sp³-hybridized carbons (Fsp3) is 1.00. The van der Waals surface area contributed by atoms with Crippen molar-refractivity contribution in [1.29, 1.82) is 0 Å². The molecule has 0 saturated carbocycles. The van der Waals surface area contributed by atoms with E-state index in [-0.39, 0.29) is 0 Å². The van der Waals surface area contributed by atoms with Crippen LogP contribution in [0.3, 0.4) is 0 Å². The topological polar surface area (TPSA) is 15.3 Å². The number of piperidine rings is 1. The van der Waals surface area contributed by atoms with Crippen molar-refractivity contribution in [3.63, 3.8) is 0 Å². The highest BCUT2D eigenvalue weighted by Crippen LogP contribution is 2.21. The summed E-state index contributed by atoms with van der Waals surface area (Å²) in [4.78, 5) is 2.70. The van der Waals surface area contributed by atoms with E-state index in [2.05, 4.69) is 49.7 Å². The van der Waals surface area contributed by atoms with Crippen LogP contribution in [0.1, 0.15) is 47.0 Å². The van der Waals surface area contributed by atoms with Gasteiger partial charge in [0.2, 0.25) is 0 Å². The molecule has 3 heteroatoms. The van der Waals surface area contributed by atoms with Gasteiger partial charge in [0, 0.05) is 30.4 Å². The summed E-state index contributed by atoms with van der Waals surface area (Å²) < 4.78 is 0. The van der Waals surface area contributed by atoms with Gasteiger partial charge in [-0.1, -0.05) is 13.8 Å². The van der Waals surface area contributed by atoms with Crippen LogP contribution in [-0.4, -0.2) is 47.6 Å². The summed E-state index contributed by atoms with van der Waals surface area (Å²) in [6.07, 6.45) is 3.89. The van der Waals surface area contributed by atoms with E-state index in [0.29, 0.717) is 0 Å². The molecule has 1 heterocycles. The average Bonchev–Trinajstić information content (AvgIpc) is 2.33. The molecule has 1 fully saturated rings. The minimum absolute atomic E-state index is 0.738. The van der Waals surface area contributed by atoms with Crippen LogP contribution in [0.4, 0.5) is 0 Å². The maximum Gasteiger partial charge on any atom is 0.0160 e. The maximum absolute atomic E-state index is 3.67. The van der Waals surface area contributed by atoms with E-state index < -0.39 is 0 Å². The Labute approximate surface area is 112 Å². The Kier molecular flexibility index (Phi) is 7.56. The predicted octanol–water partition coefficient (Wildman–Crippen LogP) is 2.98. The summed E-state index contributed by atoms with van der Waals surface area (Å²) in [6, 6.07) is 2.24. The summed E-state index contributed by atoms with van der Waals surface area (Å²) >= 11 is 2.07. The van der Waals surface area contributed by atoms with E-state index in [1.807, 2.05) is 0 Å². The molecule has 102 valence electrons. The first-order valence-corrected chi connectivity index (χ1v) is 8.41. The van der Waals surface area contributed by atoms with Gasteiger partial charge in [-0.2, -0.15) is 11.8 Å². The van der Waals surface area contributed by atoms with E-state index in [1.54, 1.807) is 0 Å². The van der Waals surface area contributed by atoms with Crippen molar-refractivity contribution < 1.29 is 0 Å². The highest BCUT2D eigenvalue weighted by Gasteiger charge is 2.27. The molecule has 0 amide bonds. The molecule has 1 N–H and O–H groups in total. The Morgan fingerprint density at radius 3 is 2.76 bits per heavy atom. The lowest BCUT2D eigenvalue weighted by atomic mass is 9.97. The number of nitrogens with one attached hydrogen (secondary N) is 1. The molecule has 0 bridgehead atoms. The van der Waals surface area contributed by atoms with Crippen molar-refractivity contribution in [3.05, 3.63) is 0 Å². The van der Waals surface area contributed by atoms with Gasteiger partial charge in [-0.15, -0.1) is 0 Å². The molecule has 2 nitrogen and oxygen atoms in total. The summed E-state index contributed by atoms with van der Waals surface area (Å²) in [6.45, 7) is 11.7. The molecule has 0 radical (unpaired) electrons. The van der Waals surface area contributed by atoms with Crippen molar-refractivity contribution in [3.8, 4) is 0 Å². The molecular weight excluding hydrogens is 228 g/mol. The van der Waals surface area contributed by atoms with Crippen LogP contribution in [0.2, 0.25) is 0 Å². The molecule has 0 aliphatic carbocycles. The molecule has 0 aromatic rings. The van der Waals surface area contributed by atoms with Gasteiger partial charge in [0.15, 0.2) is 0 Å². The summed E-state index contributed by atoms with van der Waals surface area (Å²) in [7, 11) is 0. The normalized spacial score (nSPS) is 28.2. The lowest BCUT2D eigenvalue weighted by molar-refractivity contribution is 0.106. The monoisotopic (exact) mass is 258 g/mol. The first-order valence-electron chi connectivity index (χ1n) is 7.25. The molecule has 1 saturated heterocycles. The van der Waals surface area contributed by atoms with Gasteiger partial charge in [-0.25, -0.2) is 0 Å². The van der Waals surface area contributed by atoms with Gasteiger partial charge in [0.05, 0.1) is 0 Å². The number of rotatable bonds is 7. The number of hydrogen-bond acceptors (Lipinski definition) is 3. The molecule has 3 atom stereocenters. The zero-order chi connectivity index (χ0) is 12.7. The van der Waals surface area contributed by atoms with Gasteiger partial charge in [0.25, 0.3) is 0 Å². The predicted molar refractivity (Wildman–Crippen MR) is 79.9 cm³/mol. The van der Waals surface area contributed by atoms with Crippen LogP contribution in [0, 0.1) is 0 Å². The van der Waals surface area contributed by atoms with Crippen molar-refractivity contribution >= 4 is 11.8 Å². The Morgan fingerprint density at radius 2 is 2.18 bits per heavy atom. The third kappa shape index (κ3) is 5.19.